The molecule has 0 unspecified atom stereocenters. The predicted molar refractivity (Wildman–Crippen MR) is 79.2 cm³/mol. The van der Waals surface area contributed by atoms with Crippen LogP contribution >= 0.6 is 0 Å². The van der Waals surface area contributed by atoms with Crippen LogP contribution < -0.4 is 11.1 Å². The summed E-state index contributed by atoms with van der Waals surface area (Å²) >= 11 is 0. The first kappa shape index (κ1) is 18.1. The van der Waals surface area contributed by atoms with Gasteiger partial charge in [0.25, 0.3) is 0 Å². The molecule has 0 fully saturated rings. The number of amides is 1. The highest BCUT2D eigenvalue weighted by molar-refractivity contribution is 5.87. The lowest BCUT2D eigenvalue weighted by atomic mass is 9.74. The van der Waals surface area contributed by atoms with Crippen LogP contribution in [-0.4, -0.2) is 51.8 Å². The zero-order valence-corrected chi connectivity index (χ0v) is 12.5. The number of aliphatic carboxylic acids is 1. The van der Waals surface area contributed by atoms with E-state index in [1.807, 2.05) is 0 Å². The average molecular weight is 313 g/mol. The van der Waals surface area contributed by atoms with Crippen molar-refractivity contribution < 1.29 is 24.9 Å². The molecule has 0 radical (unpaired) electrons. The number of aliphatic hydroxyl groups excluding tert-OH is 2. The van der Waals surface area contributed by atoms with Crippen LogP contribution in [-0.2, 0) is 9.59 Å². The second-order valence-electron chi connectivity index (χ2n) is 5.65. The standard InChI is InChI=1S/C14H23N3O5/c1-7(19)17-13-8(4-11(20)6-18)2-10(14(21)22)3-9(13)5-12(15)16/h3,8-9,11,13,18,20H,2,4-6H2,1H3,(H3,15,16)(H,17,19)(H,21,22)/t8-,9+,11-,13-/m0/s1. The Morgan fingerprint density at radius 2 is 2.18 bits per heavy atom. The van der Waals surface area contributed by atoms with Gasteiger partial charge in [-0.25, -0.2) is 4.79 Å². The lowest BCUT2D eigenvalue weighted by Gasteiger charge is -2.37. The van der Waals surface area contributed by atoms with Gasteiger partial charge in [0.15, 0.2) is 0 Å². The third-order valence-electron chi connectivity index (χ3n) is 3.75. The molecule has 0 spiro atoms. The Morgan fingerprint density at radius 1 is 1.55 bits per heavy atom. The van der Waals surface area contributed by atoms with Crippen LogP contribution in [0.5, 0.6) is 0 Å². The van der Waals surface area contributed by atoms with E-state index in [1.54, 1.807) is 0 Å². The molecule has 0 aliphatic heterocycles. The number of carbonyl (C=O) groups excluding carboxylic acids is 1. The number of nitrogens with two attached hydrogens (primary N) is 1. The van der Waals surface area contributed by atoms with Gasteiger partial charge < -0.3 is 26.4 Å². The number of hydrogen-bond donors (Lipinski definition) is 6. The third-order valence-corrected chi connectivity index (χ3v) is 3.75. The first-order valence-electron chi connectivity index (χ1n) is 7.07. The van der Waals surface area contributed by atoms with Crippen LogP contribution in [0.15, 0.2) is 11.6 Å². The van der Waals surface area contributed by atoms with Gasteiger partial charge >= 0.3 is 5.97 Å². The molecule has 1 aliphatic carbocycles. The second-order valence-corrected chi connectivity index (χ2v) is 5.65. The van der Waals surface area contributed by atoms with E-state index >= 15 is 0 Å². The summed E-state index contributed by atoms with van der Waals surface area (Å²) in [5, 5.41) is 38.0. The van der Waals surface area contributed by atoms with Gasteiger partial charge in [-0.15, -0.1) is 0 Å². The molecule has 0 saturated heterocycles. The summed E-state index contributed by atoms with van der Waals surface area (Å²) in [5.41, 5.74) is 5.58. The fourth-order valence-corrected chi connectivity index (χ4v) is 2.90. The van der Waals surface area contributed by atoms with Crippen molar-refractivity contribution in [1.29, 1.82) is 5.41 Å². The van der Waals surface area contributed by atoms with Crippen molar-refractivity contribution in [3.8, 4) is 0 Å². The van der Waals surface area contributed by atoms with Crippen molar-refractivity contribution in [2.45, 2.75) is 38.3 Å². The molecule has 1 rings (SSSR count). The van der Waals surface area contributed by atoms with Crippen molar-refractivity contribution in [2.75, 3.05) is 6.61 Å². The van der Waals surface area contributed by atoms with Crippen LogP contribution in [0.1, 0.15) is 26.2 Å². The van der Waals surface area contributed by atoms with Gasteiger partial charge in [0.1, 0.15) is 0 Å². The van der Waals surface area contributed by atoms with E-state index in [1.165, 1.54) is 13.0 Å². The van der Waals surface area contributed by atoms with Crippen molar-refractivity contribution in [3.05, 3.63) is 11.6 Å². The SMILES string of the molecule is CC(=O)N[C@H]1[C@H](C[C@H](O)CO)CC(C(=O)O)=C[C@@H]1CC(=N)N. The molecule has 1 amide bonds. The summed E-state index contributed by atoms with van der Waals surface area (Å²) in [7, 11) is 0. The summed E-state index contributed by atoms with van der Waals surface area (Å²) in [6.07, 6.45) is 0.971. The first-order valence-corrected chi connectivity index (χ1v) is 7.07. The van der Waals surface area contributed by atoms with E-state index < -0.39 is 30.6 Å². The Hall–Kier alpha value is -1.93. The maximum absolute atomic E-state index is 11.4. The summed E-state index contributed by atoms with van der Waals surface area (Å²) in [6.45, 7) is 0.910. The predicted octanol–water partition coefficient (Wildman–Crippen LogP) is -0.792. The van der Waals surface area contributed by atoms with Crippen LogP contribution in [0.25, 0.3) is 0 Å². The van der Waals surface area contributed by atoms with Crippen molar-refractivity contribution in [2.24, 2.45) is 17.6 Å². The maximum Gasteiger partial charge on any atom is 0.331 e. The Kier molecular flexibility index (Phi) is 6.51. The van der Waals surface area contributed by atoms with Gasteiger partial charge in [-0.3, -0.25) is 10.2 Å². The summed E-state index contributed by atoms with van der Waals surface area (Å²) < 4.78 is 0. The van der Waals surface area contributed by atoms with Crippen LogP contribution in [0.3, 0.4) is 0 Å². The van der Waals surface area contributed by atoms with Crippen LogP contribution in [0.2, 0.25) is 0 Å². The minimum atomic E-state index is -1.07. The molecule has 0 saturated carbocycles. The molecule has 0 aromatic rings. The molecule has 124 valence electrons. The Morgan fingerprint density at radius 3 is 2.64 bits per heavy atom. The number of aliphatic hydroxyl groups is 2. The molecular weight excluding hydrogens is 290 g/mol. The minimum absolute atomic E-state index is 0.107. The van der Waals surface area contributed by atoms with E-state index in [0.29, 0.717) is 0 Å². The Bertz CT molecular complexity index is 477. The number of carboxylic acid groups (broad SMARTS) is 1. The molecule has 0 aromatic carbocycles. The number of hydrogen-bond acceptors (Lipinski definition) is 5. The smallest absolute Gasteiger partial charge is 0.331 e. The van der Waals surface area contributed by atoms with E-state index in [4.69, 9.17) is 16.2 Å². The monoisotopic (exact) mass is 313 g/mol. The zero-order chi connectivity index (χ0) is 16.9. The van der Waals surface area contributed by atoms with Gasteiger partial charge in [0.2, 0.25) is 5.91 Å². The molecule has 7 N–H and O–H groups in total. The molecule has 4 atom stereocenters. The normalized spacial score (nSPS) is 26.0. The van der Waals surface area contributed by atoms with Crippen molar-refractivity contribution in [1.82, 2.24) is 5.32 Å². The highest BCUT2D eigenvalue weighted by Gasteiger charge is 2.36. The van der Waals surface area contributed by atoms with Crippen molar-refractivity contribution >= 4 is 17.7 Å². The number of rotatable bonds is 7. The quantitative estimate of drug-likeness (QED) is 0.267. The summed E-state index contributed by atoms with van der Waals surface area (Å²) in [6, 6.07) is -0.439. The topological polar surface area (TPSA) is 157 Å². The lowest BCUT2D eigenvalue weighted by molar-refractivity contribution is -0.133. The molecule has 8 heteroatoms. The van der Waals surface area contributed by atoms with Crippen molar-refractivity contribution in [3.63, 3.8) is 0 Å². The zero-order valence-electron chi connectivity index (χ0n) is 12.5. The lowest BCUT2D eigenvalue weighted by Crippen LogP contribution is -2.48. The van der Waals surface area contributed by atoms with E-state index in [0.717, 1.165) is 0 Å². The van der Waals surface area contributed by atoms with Gasteiger partial charge in [-0.05, 0) is 18.8 Å². The van der Waals surface area contributed by atoms with Gasteiger partial charge in [0.05, 0.1) is 18.5 Å². The molecular formula is C14H23N3O5. The van der Waals surface area contributed by atoms with E-state index in [9.17, 15) is 19.8 Å². The minimum Gasteiger partial charge on any atom is -0.478 e. The number of carbonyl (C=O) groups is 2. The molecule has 0 heterocycles. The van der Waals surface area contributed by atoms with Crippen LogP contribution in [0, 0.1) is 17.2 Å². The summed E-state index contributed by atoms with van der Waals surface area (Å²) in [5.74, 6) is -2.25. The second kappa shape index (κ2) is 7.90. The fraction of sp³-hybridized carbons (Fsp3) is 0.643. The van der Waals surface area contributed by atoms with Crippen LogP contribution in [0.4, 0.5) is 0 Å². The molecule has 0 bridgehead atoms. The molecule has 1 aliphatic rings. The van der Waals surface area contributed by atoms with E-state index in [-0.39, 0.29) is 42.5 Å². The first-order chi connectivity index (χ1) is 10.2. The highest BCUT2D eigenvalue weighted by Crippen LogP contribution is 2.33. The number of nitrogens with one attached hydrogen (secondary N) is 2. The Labute approximate surface area is 128 Å². The van der Waals surface area contributed by atoms with Gasteiger partial charge in [-0.2, -0.15) is 0 Å². The fourth-order valence-electron chi connectivity index (χ4n) is 2.90. The number of amidine groups is 1. The maximum atomic E-state index is 11.4. The van der Waals surface area contributed by atoms with Gasteiger partial charge in [-0.1, -0.05) is 6.08 Å². The molecule has 22 heavy (non-hydrogen) atoms. The number of carboxylic acids is 1. The molecule has 8 nitrogen and oxygen atoms in total. The van der Waals surface area contributed by atoms with E-state index in [2.05, 4.69) is 5.32 Å². The third kappa shape index (κ3) is 5.12. The average Bonchev–Trinajstić information content (AvgIpc) is 2.40. The van der Waals surface area contributed by atoms with Gasteiger partial charge in [0, 0.05) is 30.9 Å². The summed E-state index contributed by atoms with van der Waals surface area (Å²) in [4.78, 5) is 22.7. The molecule has 0 aromatic heterocycles. The largest absolute Gasteiger partial charge is 0.478 e. The Balaban J connectivity index is 3.09. The highest BCUT2D eigenvalue weighted by atomic mass is 16.4.